The first-order chi connectivity index (χ1) is 25.3. The molecule has 0 unspecified atom stereocenters. The van der Waals surface area contributed by atoms with Gasteiger partial charge in [-0.2, -0.15) is 10.5 Å². The molecule has 0 aliphatic heterocycles. The number of nitro benzene ring substituents is 1. The molecule has 6 aromatic rings. The second-order valence-corrected chi connectivity index (χ2v) is 10.8. The maximum atomic E-state index is 10.7. The summed E-state index contributed by atoms with van der Waals surface area (Å²) in [5.74, 6) is 3.07. The number of fused-ring (bicyclic) bond motifs is 2. The highest BCUT2D eigenvalue weighted by molar-refractivity contribution is 5.89. The molecule has 4 aromatic carbocycles. The summed E-state index contributed by atoms with van der Waals surface area (Å²) in [5, 5.41) is 30.9. The molecule has 0 saturated heterocycles. The molecule has 2 aromatic heterocycles. The van der Waals surface area contributed by atoms with Crippen LogP contribution in [0.2, 0.25) is 0 Å². The van der Waals surface area contributed by atoms with Gasteiger partial charge in [0.2, 0.25) is 0 Å². The van der Waals surface area contributed by atoms with E-state index in [1.165, 1.54) is 24.3 Å². The molecule has 0 aliphatic carbocycles. The number of hydrogen-bond donors (Lipinski definition) is 1. The third-order valence-electron chi connectivity index (χ3n) is 7.32. The van der Waals surface area contributed by atoms with Crippen LogP contribution in [0.15, 0.2) is 97.3 Å². The maximum absolute atomic E-state index is 10.7. The Morgan fingerprint density at radius 3 is 1.50 bits per heavy atom. The number of nitrogens with two attached hydrogens (primary N) is 1. The van der Waals surface area contributed by atoms with Gasteiger partial charge in [0, 0.05) is 67.3 Å². The summed E-state index contributed by atoms with van der Waals surface area (Å²) in [4.78, 5) is 18.9. The molecule has 0 bridgehead atoms. The maximum Gasteiger partial charge on any atom is 0.269 e. The first-order valence-corrected chi connectivity index (χ1v) is 15.7. The molecule has 0 radical (unpaired) electrons. The Morgan fingerprint density at radius 1 is 0.654 bits per heavy atom. The van der Waals surface area contributed by atoms with Gasteiger partial charge in [-0.15, -0.1) is 0 Å². The monoisotopic (exact) mass is 700 g/mol. The molecule has 0 fully saturated rings. The van der Waals surface area contributed by atoms with Crippen LogP contribution in [-0.4, -0.2) is 55.5 Å². The molecular formula is C38H32N6O8. The third kappa shape index (κ3) is 9.16. The van der Waals surface area contributed by atoms with E-state index in [-0.39, 0.29) is 5.69 Å². The number of benzene rings is 4. The third-order valence-corrected chi connectivity index (χ3v) is 7.32. The number of pyridine rings is 2. The van der Waals surface area contributed by atoms with Crippen LogP contribution in [0.3, 0.4) is 0 Å². The van der Waals surface area contributed by atoms with Crippen molar-refractivity contribution in [1.29, 1.82) is 10.5 Å². The van der Waals surface area contributed by atoms with Crippen LogP contribution in [0.25, 0.3) is 21.8 Å². The van der Waals surface area contributed by atoms with Gasteiger partial charge in [0.1, 0.15) is 59.8 Å². The van der Waals surface area contributed by atoms with E-state index in [1.807, 2.05) is 0 Å². The van der Waals surface area contributed by atoms with Gasteiger partial charge in [-0.3, -0.25) is 20.1 Å². The smallest absolute Gasteiger partial charge is 0.269 e. The number of methoxy groups -OCH3 is 2. The van der Waals surface area contributed by atoms with E-state index in [0.717, 1.165) is 5.39 Å². The Labute approximate surface area is 298 Å². The number of nitriles is 2. The van der Waals surface area contributed by atoms with E-state index in [4.69, 9.17) is 34.2 Å². The Hall–Kier alpha value is -7.00. The SMILES string of the molecule is COCCOc1cc2nccc(Oc3ccc(N)cc3)c2cc1C#N.COCCOc1cc2nccc(Oc3ccc([N+](=O)[O-])cc3)c2cc1C#N. The van der Waals surface area contributed by atoms with Crippen molar-refractivity contribution in [3.8, 4) is 46.6 Å². The number of anilines is 1. The van der Waals surface area contributed by atoms with Crippen LogP contribution in [0, 0.1) is 32.8 Å². The van der Waals surface area contributed by atoms with E-state index >= 15 is 0 Å². The quantitative estimate of drug-likeness (QED) is 0.0544. The van der Waals surface area contributed by atoms with Crippen molar-refractivity contribution in [2.45, 2.75) is 0 Å². The molecule has 0 amide bonds. The minimum Gasteiger partial charge on any atom is -0.490 e. The standard InChI is InChI=1S/C19H15N3O5.C19H17N3O3/c1-25-8-9-26-19-11-17-16(10-13(19)12-20)18(6-7-21-17)27-15-4-2-14(3-5-15)22(23)24;1-23-8-9-24-19-11-17-16(10-13(19)12-20)18(6-7-22-17)25-15-4-2-14(21)3-5-15/h2-7,10-11H,8-9H2,1H3;2-7,10-11H,8-9,21H2,1H3. The Balaban J connectivity index is 0.000000202. The highest BCUT2D eigenvalue weighted by Crippen LogP contribution is 2.35. The van der Waals surface area contributed by atoms with Crippen molar-refractivity contribution in [2.24, 2.45) is 0 Å². The number of nitrogen functional groups attached to an aromatic ring is 1. The zero-order chi connectivity index (χ0) is 36.9. The predicted molar refractivity (Wildman–Crippen MR) is 192 cm³/mol. The minimum absolute atomic E-state index is 0.0217. The molecule has 262 valence electrons. The molecule has 0 aliphatic rings. The van der Waals surface area contributed by atoms with E-state index in [9.17, 15) is 20.6 Å². The fraction of sp³-hybridized carbons (Fsp3) is 0.158. The number of rotatable bonds is 13. The van der Waals surface area contributed by atoms with Crippen LogP contribution < -0.4 is 24.7 Å². The Morgan fingerprint density at radius 2 is 1.10 bits per heavy atom. The van der Waals surface area contributed by atoms with Gasteiger partial charge in [0.25, 0.3) is 5.69 Å². The lowest BCUT2D eigenvalue weighted by Gasteiger charge is -2.12. The minimum atomic E-state index is -0.476. The largest absolute Gasteiger partial charge is 0.490 e. The van der Waals surface area contributed by atoms with Crippen molar-refractivity contribution < 1.29 is 33.3 Å². The molecule has 2 heterocycles. The summed E-state index contributed by atoms with van der Waals surface area (Å²) < 4.78 is 32.8. The molecule has 0 spiro atoms. The Bertz CT molecular complexity index is 2250. The first kappa shape index (κ1) is 36.3. The van der Waals surface area contributed by atoms with E-state index in [0.29, 0.717) is 94.2 Å². The van der Waals surface area contributed by atoms with Gasteiger partial charge in [-0.25, -0.2) is 0 Å². The van der Waals surface area contributed by atoms with Crippen molar-refractivity contribution in [2.75, 3.05) is 46.4 Å². The number of nitrogens with zero attached hydrogens (tertiary/aromatic N) is 5. The molecule has 0 saturated carbocycles. The second-order valence-electron chi connectivity index (χ2n) is 10.8. The van der Waals surface area contributed by atoms with Gasteiger partial charge in [-0.05, 0) is 60.7 Å². The molecular weight excluding hydrogens is 668 g/mol. The average molecular weight is 701 g/mol. The number of aromatic nitrogens is 2. The van der Waals surface area contributed by atoms with Crippen LogP contribution in [0.5, 0.6) is 34.5 Å². The van der Waals surface area contributed by atoms with Crippen LogP contribution in [-0.2, 0) is 9.47 Å². The number of ether oxygens (including phenoxy) is 6. The molecule has 52 heavy (non-hydrogen) atoms. The van der Waals surface area contributed by atoms with Gasteiger partial charge in [0.15, 0.2) is 0 Å². The predicted octanol–water partition coefficient (Wildman–Crippen LogP) is 7.34. The van der Waals surface area contributed by atoms with Crippen molar-refractivity contribution in [3.63, 3.8) is 0 Å². The molecule has 6 rings (SSSR count). The second kappa shape index (κ2) is 17.6. The van der Waals surface area contributed by atoms with Crippen LogP contribution in [0.1, 0.15) is 11.1 Å². The highest BCUT2D eigenvalue weighted by Gasteiger charge is 2.14. The van der Waals surface area contributed by atoms with E-state index in [2.05, 4.69) is 22.1 Å². The van der Waals surface area contributed by atoms with Crippen molar-refractivity contribution >= 4 is 33.2 Å². The van der Waals surface area contributed by atoms with Gasteiger partial charge in [0.05, 0.1) is 40.3 Å². The topological polar surface area (TPSA) is 198 Å². The molecule has 0 atom stereocenters. The highest BCUT2D eigenvalue weighted by atomic mass is 16.6. The Kier molecular flexibility index (Phi) is 12.3. The molecule has 2 N–H and O–H groups in total. The summed E-state index contributed by atoms with van der Waals surface area (Å²) in [6.07, 6.45) is 3.23. The lowest BCUT2D eigenvalue weighted by atomic mass is 10.1. The fourth-order valence-corrected chi connectivity index (χ4v) is 4.78. The van der Waals surface area contributed by atoms with Crippen LogP contribution >= 0.6 is 0 Å². The molecule has 14 heteroatoms. The summed E-state index contributed by atoms with van der Waals surface area (Å²) in [6.45, 7) is 1.52. The number of hydrogen-bond acceptors (Lipinski definition) is 13. The normalized spacial score (nSPS) is 10.4. The fourth-order valence-electron chi connectivity index (χ4n) is 4.78. The average Bonchev–Trinajstić information content (AvgIpc) is 3.16. The zero-order valence-corrected chi connectivity index (χ0v) is 28.1. The van der Waals surface area contributed by atoms with Crippen LogP contribution in [0.4, 0.5) is 11.4 Å². The summed E-state index contributed by atoms with van der Waals surface area (Å²) >= 11 is 0. The first-order valence-electron chi connectivity index (χ1n) is 15.7. The molecule has 14 nitrogen and oxygen atoms in total. The lowest BCUT2D eigenvalue weighted by Crippen LogP contribution is -2.05. The summed E-state index contributed by atoms with van der Waals surface area (Å²) in [6, 6.07) is 27.3. The summed E-state index contributed by atoms with van der Waals surface area (Å²) in [5.41, 5.74) is 8.37. The zero-order valence-electron chi connectivity index (χ0n) is 28.1. The lowest BCUT2D eigenvalue weighted by molar-refractivity contribution is -0.384. The number of non-ortho nitro benzene ring substituents is 1. The van der Waals surface area contributed by atoms with Gasteiger partial charge in [-0.1, -0.05) is 0 Å². The summed E-state index contributed by atoms with van der Waals surface area (Å²) in [7, 11) is 3.16. The van der Waals surface area contributed by atoms with E-state index < -0.39 is 4.92 Å². The van der Waals surface area contributed by atoms with Crippen molar-refractivity contribution in [1.82, 2.24) is 9.97 Å². The van der Waals surface area contributed by atoms with Gasteiger partial charge < -0.3 is 34.2 Å². The number of nitro groups is 1. The van der Waals surface area contributed by atoms with Crippen molar-refractivity contribution in [3.05, 3.63) is 119 Å². The van der Waals surface area contributed by atoms with E-state index in [1.54, 1.807) is 87.3 Å². The van der Waals surface area contributed by atoms with Gasteiger partial charge >= 0.3 is 0 Å².